The fraction of sp³-hybridized carbons (Fsp3) is 0.600. The fourth-order valence-electron chi connectivity index (χ4n) is 2.70. The van der Waals surface area contributed by atoms with Crippen molar-refractivity contribution in [2.75, 3.05) is 5.73 Å². The van der Waals surface area contributed by atoms with Crippen LogP contribution in [-0.2, 0) is 0 Å². The summed E-state index contributed by atoms with van der Waals surface area (Å²) in [6, 6.07) is 6.02. The smallest absolute Gasteiger partial charge is 0.142 e. The van der Waals surface area contributed by atoms with Crippen LogP contribution >= 0.6 is 0 Å². The minimum absolute atomic E-state index is 0.359. The third-order valence-corrected chi connectivity index (χ3v) is 3.81. The van der Waals surface area contributed by atoms with Crippen molar-refractivity contribution in [2.45, 2.75) is 52.1 Å². The average molecular weight is 233 g/mol. The van der Waals surface area contributed by atoms with Gasteiger partial charge in [-0.2, -0.15) is 0 Å². The third-order valence-electron chi connectivity index (χ3n) is 3.81. The van der Waals surface area contributed by atoms with E-state index in [1.807, 2.05) is 12.1 Å². The molecule has 0 bridgehead atoms. The summed E-state index contributed by atoms with van der Waals surface area (Å²) in [5.41, 5.74) is 7.94. The Morgan fingerprint density at radius 1 is 1.29 bits per heavy atom. The van der Waals surface area contributed by atoms with Crippen LogP contribution in [0, 0.1) is 12.8 Å². The van der Waals surface area contributed by atoms with Gasteiger partial charge < -0.3 is 10.5 Å². The molecule has 1 aromatic rings. The molecule has 2 rings (SSSR count). The highest BCUT2D eigenvalue weighted by molar-refractivity contribution is 5.53. The number of nitrogens with two attached hydrogens (primary N) is 1. The molecule has 0 amide bonds. The van der Waals surface area contributed by atoms with Gasteiger partial charge >= 0.3 is 0 Å². The van der Waals surface area contributed by atoms with Gasteiger partial charge in [-0.15, -0.1) is 0 Å². The normalized spacial score (nSPS) is 24.6. The van der Waals surface area contributed by atoms with Crippen molar-refractivity contribution in [1.29, 1.82) is 0 Å². The van der Waals surface area contributed by atoms with Gasteiger partial charge in [-0.05, 0) is 56.2 Å². The first-order chi connectivity index (χ1) is 8.20. The molecule has 1 aliphatic carbocycles. The van der Waals surface area contributed by atoms with E-state index in [9.17, 15) is 0 Å². The molecule has 2 N–H and O–H groups in total. The van der Waals surface area contributed by atoms with Crippen LogP contribution in [0.4, 0.5) is 5.69 Å². The second kappa shape index (κ2) is 5.44. The zero-order valence-corrected chi connectivity index (χ0v) is 10.9. The number of rotatable bonds is 3. The zero-order valence-electron chi connectivity index (χ0n) is 10.9. The van der Waals surface area contributed by atoms with E-state index >= 15 is 0 Å². The van der Waals surface area contributed by atoms with Gasteiger partial charge in [0.25, 0.3) is 0 Å². The van der Waals surface area contributed by atoms with Gasteiger partial charge in [0.15, 0.2) is 0 Å². The van der Waals surface area contributed by atoms with Gasteiger partial charge in [-0.3, -0.25) is 0 Å². The van der Waals surface area contributed by atoms with Gasteiger partial charge in [-0.1, -0.05) is 19.4 Å². The lowest BCUT2D eigenvalue weighted by Crippen LogP contribution is -2.30. The van der Waals surface area contributed by atoms with Crippen LogP contribution in [-0.4, -0.2) is 6.10 Å². The SMILES string of the molecule is CCC1CCCCC1Oc1cc(C)ccc1N. The summed E-state index contributed by atoms with van der Waals surface area (Å²) in [7, 11) is 0. The predicted octanol–water partition coefficient (Wildman–Crippen LogP) is 3.92. The Bertz CT molecular complexity index is 375. The molecule has 0 saturated heterocycles. The van der Waals surface area contributed by atoms with E-state index in [4.69, 9.17) is 10.5 Å². The summed E-state index contributed by atoms with van der Waals surface area (Å²) >= 11 is 0. The minimum atomic E-state index is 0.359. The summed E-state index contributed by atoms with van der Waals surface area (Å²) < 4.78 is 6.15. The van der Waals surface area contributed by atoms with Crippen LogP contribution in [0.1, 0.15) is 44.6 Å². The molecule has 2 unspecified atom stereocenters. The first-order valence-electron chi connectivity index (χ1n) is 6.73. The Hall–Kier alpha value is -1.18. The first kappa shape index (κ1) is 12.3. The van der Waals surface area contributed by atoms with Crippen LogP contribution in [0.2, 0.25) is 0 Å². The summed E-state index contributed by atoms with van der Waals surface area (Å²) in [6.07, 6.45) is 6.67. The Morgan fingerprint density at radius 3 is 2.82 bits per heavy atom. The monoisotopic (exact) mass is 233 g/mol. The molecule has 1 aromatic carbocycles. The maximum Gasteiger partial charge on any atom is 0.142 e. The van der Waals surface area contributed by atoms with Crippen LogP contribution in [0.25, 0.3) is 0 Å². The second-order valence-corrected chi connectivity index (χ2v) is 5.15. The molecule has 1 aliphatic rings. The van der Waals surface area contributed by atoms with Crippen molar-refractivity contribution in [2.24, 2.45) is 5.92 Å². The molecule has 0 heterocycles. The number of hydrogen-bond acceptors (Lipinski definition) is 2. The van der Waals surface area contributed by atoms with Crippen molar-refractivity contribution in [1.82, 2.24) is 0 Å². The Morgan fingerprint density at radius 2 is 2.06 bits per heavy atom. The number of hydrogen-bond donors (Lipinski definition) is 1. The highest BCUT2D eigenvalue weighted by Crippen LogP contribution is 2.32. The molecule has 0 aromatic heterocycles. The molecular formula is C15H23NO. The molecule has 2 atom stereocenters. The van der Waals surface area contributed by atoms with E-state index in [0.717, 1.165) is 11.4 Å². The van der Waals surface area contributed by atoms with Crippen molar-refractivity contribution in [3.8, 4) is 5.75 Å². The Balaban J connectivity index is 2.10. The summed E-state index contributed by atoms with van der Waals surface area (Å²) in [5.74, 6) is 1.57. The van der Waals surface area contributed by atoms with Gasteiger partial charge in [0, 0.05) is 0 Å². The molecule has 17 heavy (non-hydrogen) atoms. The molecular weight excluding hydrogens is 210 g/mol. The average Bonchev–Trinajstić information content (AvgIpc) is 2.34. The third kappa shape index (κ3) is 2.93. The van der Waals surface area contributed by atoms with Crippen LogP contribution in [0.5, 0.6) is 5.75 Å². The fourth-order valence-corrected chi connectivity index (χ4v) is 2.70. The van der Waals surface area contributed by atoms with Crippen molar-refractivity contribution in [3.05, 3.63) is 23.8 Å². The van der Waals surface area contributed by atoms with Gasteiger partial charge in [0.05, 0.1) is 5.69 Å². The van der Waals surface area contributed by atoms with Gasteiger partial charge in [0.2, 0.25) is 0 Å². The number of anilines is 1. The first-order valence-corrected chi connectivity index (χ1v) is 6.73. The lowest BCUT2D eigenvalue weighted by atomic mass is 9.85. The number of nitrogen functional groups attached to an aromatic ring is 1. The second-order valence-electron chi connectivity index (χ2n) is 5.15. The van der Waals surface area contributed by atoms with E-state index in [2.05, 4.69) is 19.9 Å². The van der Waals surface area contributed by atoms with E-state index in [1.54, 1.807) is 0 Å². The molecule has 0 spiro atoms. The maximum atomic E-state index is 6.15. The quantitative estimate of drug-likeness (QED) is 0.803. The van der Waals surface area contributed by atoms with E-state index in [0.29, 0.717) is 12.0 Å². The predicted molar refractivity (Wildman–Crippen MR) is 72.3 cm³/mol. The Kier molecular flexibility index (Phi) is 3.93. The molecule has 2 heteroatoms. The zero-order chi connectivity index (χ0) is 12.3. The molecule has 1 saturated carbocycles. The lowest BCUT2D eigenvalue weighted by Gasteiger charge is -2.31. The summed E-state index contributed by atoms with van der Waals surface area (Å²) in [6.45, 7) is 4.33. The van der Waals surface area contributed by atoms with E-state index in [1.165, 1.54) is 37.7 Å². The van der Waals surface area contributed by atoms with Crippen molar-refractivity contribution in [3.63, 3.8) is 0 Å². The Labute approximate surface area is 104 Å². The highest BCUT2D eigenvalue weighted by atomic mass is 16.5. The van der Waals surface area contributed by atoms with Gasteiger partial charge in [0.1, 0.15) is 11.9 Å². The van der Waals surface area contributed by atoms with Crippen LogP contribution in [0.15, 0.2) is 18.2 Å². The molecule has 94 valence electrons. The van der Waals surface area contributed by atoms with Crippen LogP contribution in [0.3, 0.4) is 0 Å². The molecule has 2 nitrogen and oxygen atoms in total. The van der Waals surface area contributed by atoms with E-state index in [-0.39, 0.29) is 0 Å². The van der Waals surface area contributed by atoms with E-state index < -0.39 is 0 Å². The van der Waals surface area contributed by atoms with Crippen molar-refractivity contribution < 1.29 is 4.74 Å². The largest absolute Gasteiger partial charge is 0.488 e. The topological polar surface area (TPSA) is 35.2 Å². The highest BCUT2D eigenvalue weighted by Gasteiger charge is 2.25. The van der Waals surface area contributed by atoms with Crippen LogP contribution < -0.4 is 10.5 Å². The van der Waals surface area contributed by atoms with Crippen molar-refractivity contribution >= 4 is 5.69 Å². The lowest BCUT2D eigenvalue weighted by molar-refractivity contribution is 0.0911. The summed E-state index contributed by atoms with van der Waals surface area (Å²) in [5, 5.41) is 0. The molecule has 0 radical (unpaired) electrons. The number of ether oxygens (including phenoxy) is 1. The number of aryl methyl sites for hydroxylation is 1. The standard InChI is InChI=1S/C15H23NO/c1-3-12-6-4-5-7-14(12)17-15-10-11(2)8-9-13(15)16/h8-10,12,14H,3-7,16H2,1-2H3. The minimum Gasteiger partial charge on any atom is -0.488 e. The van der Waals surface area contributed by atoms with Gasteiger partial charge in [-0.25, -0.2) is 0 Å². The number of benzene rings is 1. The molecule has 0 aliphatic heterocycles. The summed E-state index contributed by atoms with van der Waals surface area (Å²) in [4.78, 5) is 0. The maximum absolute atomic E-state index is 6.15. The molecule has 1 fully saturated rings.